The van der Waals surface area contributed by atoms with Crippen LogP contribution in [-0.2, 0) is 11.8 Å². The van der Waals surface area contributed by atoms with Crippen molar-refractivity contribution in [2.45, 2.75) is 31.2 Å². The van der Waals surface area contributed by atoms with E-state index in [-0.39, 0.29) is 17.8 Å². The predicted octanol–water partition coefficient (Wildman–Crippen LogP) is 2.54. The number of halogens is 1. The van der Waals surface area contributed by atoms with Gasteiger partial charge in [0, 0.05) is 37.9 Å². The highest BCUT2D eigenvalue weighted by Crippen LogP contribution is 2.32. The van der Waals surface area contributed by atoms with Gasteiger partial charge in [-0.2, -0.15) is 5.10 Å². The number of para-hydroxylation sites is 1. The van der Waals surface area contributed by atoms with Crippen molar-refractivity contribution in [3.63, 3.8) is 0 Å². The third-order valence-corrected chi connectivity index (χ3v) is 5.49. The van der Waals surface area contributed by atoms with Gasteiger partial charge in [-0.25, -0.2) is 4.39 Å². The number of likely N-dealkylation sites (tertiary alicyclic amines) is 1. The van der Waals surface area contributed by atoms with Gasteiger partial charge in [-0.05, 0) is 44.0 Å². The molecule has 1 aromatic heterocycles. The first-order valence-corrected chi connectivity index (χ1v) is 8.93. The maximum Gasteiger partial charge on any atom is 0.244 e. The van der Waals surface area contributed by atoms with Crippen molar-refractivity contribution in [2.75, 3.05) is 24.5 Å². The summed E-state index contributed by atoms with van der Waals surface area (Å²) in [6.45, 7) is 2.37. The Hall–Kier alpha value is -2.21. The maximum atomic E-state index is 14.1. The van der Waals surface area contributed by atoms with Crippen molar-refractivity contribution < 1.29 is 9.18 Å². The van der Waals surface area contributed by atoms with Crippen LogP contribution in [0.25, 0.3) is 0 Å². The third-order valence-electron chi connectivity index (χ3n) is 5.49. The summed E-state index contributed by atoms with van der Waals surface area (Å²) in [6.07, 6.45) is 4.77. The molecule has 1 aromatic carbocycles. The highest BCUT2D eigenvalue weighted by molar-refractivity contribution is 5.99. The Bertz CT molecular complexity index is 774. The van der Waals surface area contributed by atoms with E-state index < -0.39 is 0 Å². The van der Waals surface area contributed by atoms with Gasteiger partial charge in [0.25, 0.3) is 0 Å². The molecule has 5 nitrogen and oxygen atoms in total. The second-order valence-corrected chi connectivity index (χ2v) is 6.96. The van der Waals surface area contributed by atoms with Gasteiger partial charge >= 0.3 is 0 Å². The largest absolute Gasteiger partial charge is 0.308 e. The molecule has 2 aromatic rings. The molecule has 2 saturated heterocycles. The van der Waals surface area contributed by atoms with E-state index in [0.717, 1.165) is 32.4 Å². The predicted molar refractivity (Wildman–Crippen MR) is 93.9 cm³/mol. The molecule has 6 heteroatoms. The first-order chi connectivity index (χ1) is 12.1. The lowest BCUT2D eigenvalue weighted by molar-refractivity contribution is -0.122. The van der Waals surface area contributed by atoms with Crippen LogP contribution in [-0.4, -0.2) is 46.3 Å². The summed E-state index contributed by atoms with van der Waals surface area (Å²) in [5.74, 6) is 0.0928. The zero-order valence-electron chi connectivity index (χ0n) is 14.4. The second-order valence-electron chi connectivity index (χ2n) is 6.96. The van der Waals surface area contributed by atoms with Crippen LogP contribution in [0, 0.1) is 5.82 Å². The van der Waals surface area contributed by atoms with Crippen LogP contribution < -0.4 is 4.90 Å². The van der Waals surface area contributed by atoms with Crippen molar-refractivity contribution in [3.8, 4) is 0 Å². The van der Waals surface area contributed by atoms with Crippen molar-refractivity contribution in [1.82, 2.24) is 14.7 Å². The highest BCUT2D eigenvalue weighted by Gasteiger charge is 2.39. The number of anilines is 1. The minimum atomic E-state index is -0.331. The number of hydrogen-bond donors (Lipinski definition) is 0. The topological polar surface area (TPSA) is 41.4 Å². The van der Waals surface area contributed by atoms with Crippen LogP contribution in [0.3, 0.4) is 0 Å². The molecule has 0 N–H and O–H groups in total. The summed E-state index contributed by atoms with van der Waals surface area (Å²) in [4.78, 5) is 16.8. The Balaban J connectivity index is 1.50. The lowest BCUT2D eigenvalue weighted by Crippen LogP contribution is -2.46. The fraction of sp³-hybridized carbons (Fsp3) is 0.474. The van der Waals surface area contributed by atoms with Crippen molar-refractivity contribution in [2.24, 2.45) is 7.05 Å². The van der Waals surface area contributed by atoms with Crippen molar-refractivity contribution >= 4 is 11.6 Å². The quantitative estimate of drug-likeness (QED) is 0.861. The normalized spacial score (nSPS) is 24.9. The van der Waals surface area contributed by atoms with Gasteiger partial charge in [0.05, 0.1) is 11.7 Å². The number of nitrogens with zero attached hydrogens (tertiary/aromatic N) is 4. The second kappa shape index (κ2) is 6.59. The SMILES string of the molecule is Cn1nccc1C1CCCN(C2CCN(c3ccccc3F)C2=O)C1. The molecule has 0 radical (unpaired) electrons. The van der Waals surface area contributed by atoms with Gasteiger partial charge in [-0.3, -0.25) is 14.4 Å². The van der Waals surface area contributed by atoms with E-state index >= 15 is 0 Å². The highest BCUT2D eigenvalue weighted by atomic mass is 19.1. The molecule has 2 unspecified atom stereocenters. The van der Waals surface area contributed by atoms with Crippen LogP contribution in [0.2, 0.25) is 0 Å². The molecule has 0 bridgehead atoms. The molecule has 2 aliphatic rings. The molecule has 0 aliphatic carbocycles. The minimum absolute atomic E-state index is 0.0238. The van der Waals surface area contributed by atoms with E-state index in [9.17, 15) is 9.18 Å². The van der Waals surface area contributed by atoms with Gasteiger partial charge in [0.15, 0.2) is 0 Å². The number of rotatable bonds is 3. The maximum absolute atomic E-state index is 14.1. The summed E-state index contributed by atoms with van der Waals surface area (Å²) in [6, 6.07) is 8.45. The van der Waals surface area contributed by atoms with Crippen LogP contribution in [0.15, 0.2) is 36.5 Å². The van der Waals surface area contributed by atoms with Crippen molar-refractivity contribution in [1.29, 1.82) is 0 Å². The van der Waals surface area contributed by atoms with E-state index in [1.165, 1.54) is 11.8 Å². The molecule has 132 valence electrons. The number of benzene rings is 1. The number of amides is 1. The number of piperidine rings is 1. The zero-order valence-corrected chi connectivity index (χ0v) is 14.4. The molecule has 2 atom stereocenters. The van der Waals surface area contributed by atoms with Gasteiger partial charge in [0.2, 0.25) is 5.91 Å². The smallest absolute Gasteiger partial charge is 0.244 e. The number of aryl methyl sites for hydroxylation is 1. The number of carbonyl (C=O) groups excluding carboxylic acids is 1. The molecule has 2 fully saturated rings. The summed E-state index contributed by atoms with van der Waals surface area (Å²) in [7, 11) is 1.97. The molecular formula is C19H23FN4O. The molecule has 1 amide bonds. The number of hydrogen-bond acceptors (Lipinski definition) is 3. The summed E-state index contributed by atoms with van der Waals surface area (Å²) in [5, 5.41) is 4.27. The van der Waals surface area contributed by atoms with Crippen LogP contribution in [0.1, 0.15) is 30.9 Å². The Morgan fingerprint density at radius 1 is 1.16 bits per heavy atom. The Morgan fingerprint density at radius 3 is 2.76 bits per heavy atom. The summed E-state index contributed by atoms with van der Waals surface area (Å²) < 4.78 is 16.0. The Kier molecular flexibility index (Phi) is 4.29. The average Bonchev–Trinajstić information content (AvgIpc) is 3.21. The van der Waals surface area contributed by atoms with E-state index in [4.69, 9.17) is 0 Å². The van der Waals surface area contributed by atoms with Gasteiger partial charge in [-0.1, -0.05) is 12.1 Å². The lowest BCUT2D eigenvalue weighted by Gasteiger charge is -2.36. The molecular weight excluding hydrogens is 319 g/mol. The van der Waals surface area contributed by atoms with Crippen LogP contribution in [0.5, 0.6) is 0 Å². The fourth-order valence-electron chi connectivity index (χ4n) is 4.23. The first kappa shape index (κ1) is 16.3. The zero-order chi connectivity index (χ0) is 17.4. The average molecular weight is 342 g/mol. The molecule has 0 saturated carbocycles. The first-order valence-electron chi connectivity index (χ1n) is 8.93. The standard InChI is InChI=1S/C19H23FN4O/c1-22-16(8-10-21-22)14-5-4-11-23(13-14)18-9-12-24(19(18)25)17-7-3-2-6-15(17)20/h2-3,6-8,10,14,18H,4-5,9,11-13H2,1H3. The molecule has 2 aliphatic heterocycles. The van der Waals surface area contributed by atoms with E-state index in [1.54, 1.807) is 23.1 Å². The number of carbonyl (C=O) groups is 1. The molecule has 4 rings (SSSR count). The third kappa shape index (κ3) is 2.95. The van der Waals surface area contributed by atoms with E-state index in [2.05, 4.69) is 16.1 Å². The van der Waals surface area contributed by atoms with E-state index in [0.29, 0.717) is 18.2 Å². The Labute approximate surface area is 147 Å². The van der Waals surface area contributed by atoms with Crippen LogP contribution >= 0.6 is 0 Å². The Morgan fingerprint density at radius 2 is 2.00 bits per heavy atom. The van der Waals surface area contributed by atoms with Gasteiger partial charge < -0.3 is 4.90 Å². The van der Waals surface area contributed by atoms with Gasteiger partial charge in [-0.15, -0.1) is 0 Å². The van der Waals surface area contributed by atoms with Gasteiger partial charge in [0.1, 0.15) is 5.82 Å². The minimum Gasteiger partial charge on any atom is -0.308 e. The molecule has 3 heterocycles. The van der Waals surface area contributed by atoms with Crippen molar-refractivity contribution in [3.05, 3.63) is 48.0 Å². The molecule has 0 spiro atoms. The fourth-order valence-corrected chi connectivity index (χ4v) is 4.23. The number of aromatic nitrogens is 2. The van der Waals surface area contributed by atoms with E-state index in [1.807, 2.05) is 17.9 Å². The molecule has 25 heavy (non-hydrogen) atoms. The summed E-state index contributed by atoms with van der Waals surface area (Å²) >= 11 is 0. The van der Waals surface area contributed by atoms with Crippen LogP contribution in [0.4, 0.5) is 10.1 Å². The summed E-state index contributed by atoms with van der Waals surface area (Å²) in [5.41, 5.74) is 1.62. The monoisotopic (exact) mass is 342 g/mol. The lowest BCUT2D eigenvalue weighted by atomic mass is 9.93.